The third-order valence-electron chi connectivity index (χ3n) is 4.32. The van der Waals surface area contributed by atoms with Crippen LogP contribution in [0.5, 0.6) is 11.5 Å². The molecule has 29 heavy (non-hydrogen) atoms. The predicted molar refractivity (Wildman–Crippen MR) is 114 cm³/mol. The maximum Gasteiger partial charge on any atom is 0.262 e. The van der Waals surface area contributed by atoms with Crippen LogP contribution in [0.4, 0.5) is 11.4 Å². The minimum absolute atomic E-state index is 0.192. The molecule has 8 heteroatoms. The number of nitriles is 1. The van der Waals surface area contributed by atoms with E-state index in [9.17, 15) is 4.79 Å². The Kier molecular flexibility index (Phi) is 7.33. The smallest absolute Gasteiger partial charge is 0.262 e. The van der Waals surface area contributed by atoms with Crippen LogP contribution in [0.1, 0.15) is 12.5 Å². The number of amides is 1. The maximum absolute atomic E-state index is 12.5. The minimum atomic E-state index is -0.288. The molecule has 2 aromatic rings. The van der Waals surface area contributed by atoms with Crippen molar-refractivity contribution in [2.24, 2.45) is 0 Å². The molecule has 0 radical (unpaired) electrons. The summed E-state index contributed by atoms with van der Waals surface area (Å²) in [5, 5.41) is 12.0. The van der Waals surface area contributed by atoms with Gasteiger partial charge >= 0.3 is 0 Å². The Morgan fingerprint density at radius 1 is 1.28 bits per heavy atom. The van der Waals surface area contributed by atoms with Gasteiger partial charge < -0.3 is 24.4 Å². The molecule has 1 fully saturated rings. The molecular formula is C21H22BrN3O4. The van der Waals surface area contributed by atoms with Crippen molar-refractivity contribution in [2.45, 2.75) is 6.92 Å². The summed E-state index contributed by atoms with van der Waals surface area (Å²) in [5.41, 5.74) is 2.13. The van der Waals surface area contributed by atoms with Crippen LogP contribution in [0.25, 0.3) is 0 Å². The van der Waals surface area contributed by atoms with Crippen molar-refractivity contribution in [3.8, 4) is 17.6 Å². The van der Waals surface area contributed by atoms with Crippen LogP contribution in [0.3, 0.4) is 0 Å². The van der Waals surface area contributed by atoms with Gasteiger partial charge in [0.15, 0.2) is 18.1 Å². The number of nitrogens with one attached hydrogen (secondary N) is 1. The Balaban J connectivity index is 1.69. The van der Waals surface area contributed by atoms with Gasteiger partial charge in [0.1, 0.15) is 0 Å². The number of anilines is 2. The summed E-state index contributed by atoms with van der Waals surface area (Å²) in [6, 6.07) is 13.0. The molecule has 1 aliphatic heterocycles. The van der Waals surface area contributed by atoms with E-state index in [1.54, 1.807) is 12.1 Å². The van der Waals surface area contributed by atoms with Gasteiger partial charge in [-0.25, -0.2) is 0 Å². The second-order valence-corrected chi connectivity index (χ2v) is 7.14. The highest BCUT2D eigenvalue weighted by Gasteiger charge is 2.17. The number of hydrogen-bond donors (Lipinski definition) is 1. The standard InChI is InChI=1S/C21H22BrN3O4/c1-2-28-19-12-15(13-23)11-16(22)21(19)29-14-20(26)24-17-5-3-4-6-18(17)25-7-9-27-10-8-25/h3-6,11-12H,2,7-10,14H2,1H3,(H,24,26). The van der Waals surface area contributed by atoms with Crippen molar-refractivity contribution in [1.82, 2.24) is 0 Å². The van der Waals surface area contributed by atoms with Crippen LogP contribution in [0, 0.1) is 11.3 Å². The third-order valence-corrected chi connectivity index (χ3v) is 4.91. The maximum atomic E-state index is 12.5. The fourth-order valence-corrected chi connectivity index (χ4v) is 3.58. The predicted octanol–water partition coefficient (Wildman–Crippen LogP) is 3.57. The summed E-state index contributed by atoms with van der Waals surface area (Å²) in [6.45, 7) is 4.94. The number of morpholine rings is 1. The highest BCUT2D eigenvalue weighted by molar-refractivity contribution is 9.10. The van der Waals surface area contributed by atoms with Crippen LogP contribution >= 0.6 is 15.9 Å². The number of carbonyl (C=O) groups is 1. The number of benzene rings is 2. The number of halogens is 1. The Bertz CT molecular complexity index is 907. The van der Waals surface area contributed by atoms with Gasteiger partial charge in [0.05, 0.1) is 47.3 Å². The zero-order valence-corrected chi connectivity index (χ0v) is 17.7. The number of carbonyl (C=O) groups excluding carboxylic acids is 1. The van der Waals surface area contributed by atoms with E-state index in [0.29, 0.717) is 41.4 Å². The van der Waals surface area contributed by atoms with Crippen LogP contribution in [-0.2, 0) is 9.53 Å². The van der Waals surface area contributed by atoms with Gasteiger partial charge in [0.25, 0.3) is 5.91 Å². The fourth-order valence-electron chi connectivity index (χ4n) is 3.02. The van der Waals surface area contributed by atoms with Crippen LogP contribution < -0.4 is 19.7 Å². The van der Waals surface area contributed by atoms with Crippen molar-refractivity contribution < 1.29 is 19.0 Å². The van der Waals surface area contributed by atoms with Gasteiger partial charge in [-0.15, -0.1) is 0 Å². The van der Waals surface area contributed by atoms with Gasteiger partial charge in [0, 0.05) is 19.2 Å². The Hall–Kier alpha value is -2.76. The second-order valence-electron chi connectivity index (χ2n) is 6.28. The lowest BCUT2D eigenvalue weighted by Crippen LogP contribution is -2.37. The van der Waals surface area contributed by atoms with Gasteiger partial charge in [-0.3, -0.25) is 4.79 Å². The molecule has 2 aromatic carbocycles. The van der Waals surface area contributed by atoms with E-state index in [4.69, 9.17) is 19.5 Å². The summed E-state index contributed by atoms with van der Waals surface area (Å²) >= 11 is 3.38. The van der Waals surface area contributed by atoms with E-state index < -0.39 is 0 Å². The Morgan fingerprint density at radius 2 is 2.03 bits per heavy atom. The third kappa shape index (κ3) is 5.40. The molecule has 7 nitrogen and oxygen atoms in total. The van der Waals surface area contributed by atoms with E-state index in [1.807, 2.05) is 31.2 Å². The molecular weight excluding hydrogens is 438 g/mol. The largest absolute Gasteiger partial charge is 0.490 e. The monoisotopic (exact) mass is 459 g/mol. The van der Waals surface area contributed by atoms with Crippen molar-refractivity contribution in [3.05, 3.63) is 46.4 Å². The first-order chi connectivity index (χ1) is 14.1. The molecule has 1 aliphatic rings. The highest BCUT2D eigenvalue weighted by Crippen LogP contribution is 2.37. The van der Waals surface area contributed by atoms with E-state index in [1.165, 1.54) is 0 Å². The molecule has 0 unspecified atom stereocenters. The lowest BCUT2D eigenvalue weighted by atomic mass is 10.2. The summed E-state index contributed by atoms with van der Waals surface area (Å²) in [4.78, 5) is 14.7. The summed E-state index contributed by atoms with van der Waals surface area (Å²) in [5.74, 6) is 0.520. The highest BCUT2D eigenvalue weighted by atomic mass is 79.9. The van der Waals surface area contributed by atoms with Crippen LogP contribution in [-0.4, -0.2) is 45.4 Å². The zero-order chi connectivity index (χ0) is 20.6. The summed E-state index contributed by atoms with van der Waals surface area (Å²) in [6.07, 6.45) is 0. The molecule has 0 aliphatic carbocycles. The average Bonchev–Trinajstić information content (AvgIpc) is 2.74. The summed E-state index contributed by atoms with van der Waals surface area (Å²) in [7, 11) is 0. The number of rotatable bonds is 7. The van der Waals surface area contributed by atoms with Gasteiger partial charge in [-0.05, 0) is 41.1 Å². The Morgan fingerprint density at radius 3 is 2.76 bits per heavy atom. The first-order valence-corrected chi connectivity index (χ1v) is 10.1. The molecule has 0 saturated carbocycles. The minimum Gasteiger partial charge on any atom is -0.490 e. The van der Waals surface area contributed by atoms with E-state index in [0.717, 1.165) is 24.5 Å². The molecule has 1 heterocycles. The lowest BCUT2D eigenvalue weighted by molar-refractivity contribution is -0.118. The normalized spacial score (nSPS) is 13.5. The fraction of sp³-hybridized carbons (Fsp3) is 0.333. The molecule has 0 atom stereocenters. The van der Waals surface area contributed by atoms with Gasteiger partial charge in [0.2, 0.25) is 0 Å². The second kappa shape index (κ2) is 10.1. The SMILES string of the molecule is CCOc1cc(C#N)cc(Br)c1OCC(=O)Nc1ccccc1N1CCOCC1. The first-order valence-electron chi connectivity index (χ1n) is 9.33. The topological polar surface area (TPSA) is 83.8 Å². The van der Waals surface area contributed by atoms with E-state index in [-0.39, 0.29) is 12.5 Å². The van der Waals surface area contributed by atoms with E-state index >= 15 is 0 Å². The first kappa shape index (κ1) is 21.0. The van der Waals surface area contributed by atoms with Crippen molar-refractivity contribution in [3.63, 3.8) is 0 Å². The van der Waals surface area contributed by atoms with Crippen molar-refractivity contribution in [1.29, 1.82) is 5.26 Å². The molecule has 152 valence electrons. The number of hydrogen-bond acceptors (Lipinski definition) is 6. The molecule has 1 N–H and O–H groups in total. The van der Waals surface area contributed by atoms with Crippen LogP contribution in [0.2, 0.25) is 0 Å². The van der Waals surface area contributed by atoms with Gasteiger partial charge in [-0.1, -0.05) is 12.1 Å². The molecule has 3 rings (SSSR count). The molecule has 1 saturated heterocycles. The Labute approximate surface area is 178 Å². The molecule has 0 aromatic heterocycles. The van der Waals surface area contributed by atoms with E-state index in [2.05, 4.69) is 32.2 Å². The van der Waals surface area contributed by atoms with Crippen molar-refractivity contribution in [2.75, 3.05) is 49.7 Å². The number of nitrogens with zero attached hydrogens (tertiary/aromatic N) is 2. The van der Waals surface area contributed by atoms with Crippen molar-refractivity contribution >= 4 is 33.2 Å². The van der Waals surface area contributed by atoms with Crippen LogP contribution in [0.15, 0.2) is 40.9 Å². The average molecular weight is 460 g/mol. The quantitative estimate of drug-likeness (QED) is 0.680. The molecule has 0 spiro atoms. The molecule has 0 bridgehead atoms. The number of para-hydroxylation sites is 2. The van der Waals surface area contributed by atoms with Gasteiger partial charge in [-0.2, -0.15) is 5.26 Å². The zero-order valence-electron chi connectivity index (χ0n) is 16.1. The summed E-state index contributed by atoms with van der Waals surface area (Å²) < 4.78 is 17.2. The molecule has 1 amide bonds. The number of ether oxygens (including phenoxy) is 3. The lowest BCUT2D eigenvalue weighted by Gasteiger charge is -2.30.